The number of alkyl halides is 1. The lowest BCUT2D eigenvalue weighted by Crippen LogP contribution is -2.26. The standard InChI is InChI=1S/C9H11ClN2O3S/c1-5-8(16-6(2)10)11-4-12(9(5)15)3-7(13)14/h4,6H,3H2,1-2H3,(H,13,14). The molecule has 1 aromatic heterocycles. The van der Waals surface area contributed by atoms with Gasteiger partial charge in [0.2, 0.25) is 0 Å². The van der Waals surface area contributed by atoms with Gasteiger partial charge in [-0.05, 0) is 13.8 Å². The van der Waals surface area contributed by atoms with Crippen LogP contribution in [0.3, 0.4) is 0 Å². The maximum absolute atomic E-state index is 11.7. The quantitative estimate of drug-likeness (QED) is 0.503. The number of aromatic nitrogens is 2. The van der Waals surface area contributed by atoms with Gasteiger partial charge in [0.1, 0.15) is 11.6 Å². The number of carboxylic acid groups (broad SMARTS) is 1. The topological polar surface area (TPSA) is 72.2 Å². The molecule has 0 bridgehead atoms. The zero-order chi connectivity index (χ0) is 12.3. The Bertz CT molecular complexity index is 459. The van der Waals surface area contributed by atoms with Crippen LogP contribution in [0.2, 0.25) is 0 Å². The van der Waals surface area contributed by atoms with Crippen LogP contribution in [0.5, 0.6) is 0 Å². The van der Waals surface area contributed by atoms with Gasteiger partial charge in [-0.15, -0.1) is 11.6 Å². The Hall–Kier alpha value is -1.01. The highest BCUT2D eigenvalue weighted by Crippen LogP contribution is 2.24. The fraction of sp³-hybridized carbons (Fsp3) is 0.444. The minimum Gasteiger partial charge on any atom is -0.480 e. The predicted molar refractivity (Wildman–Crippen MR) is 62.0 cm³/mol. The first-order chi connectivity index (χ1) is 7.41. The van der Waals surface area contributed by atoms with Crippen LogP contribution in [0.15, 0.2) is 16.1 Å². The minimum absolute atomic E-state index is 0.194. The Labute approximate surface area is 101 Å². The summed E-state index contributed by atoms with van der Waals surface area (Å²) in [5.41, 5.74) is 0.0680. The fourth-order valence-corrected chi connectivity index (χ4v) is 2.04. The predicted octanol–water partition coefficient (Wildman–Crippen LogP) is 1.31. The van der Waals surface area contributed by atoms with Gasteiger partial charge >= 0.3 is 5.97 Å². The number of carboxylic acids is 1. The molecular formula is C9H11ClN2O3S. The van der Waals surface area contributed by atoms with Crippen LogP contribution in [-0.2, 0) is 11.3 Å². The van der Waals surface area contributed by atoms with Gasteiger partial charge in [-0.1, -0.05) is 11.8 Å². The largest absolute Gasteiger partial charge is 0.480 e. The summed E-state index contributed by atoms with van der Waals surface area (Å²) in [6.07, 6.45) is 1.23. The highest BCUT2D eigenvalue weighted by molar-refractivity contribution is 8.01. The molecule has 88 valence electrons. The van der Waals surface area contributed by atoms with Gasteiger partial charge in [0, 0.05) is 5.56 Å². The monoisotopic (exact) mass is 262 g/mol. The van der Waals surface area contributed by atoms with Crippen molar-refractivity contribution in [1.29, 1.82) is 0 Å². The summed E-state index contributed by atoms with van der Waals surface area (Å²) in [4.78, 5) is 26.2. The second-order valence-electron chi connectivity index (χ2n) is 3.16. The van der Waals surface area contributed by atoms with Crippen LogP contribution in [0.4, 0.5) is 0 Å². The third kappa shape index (κ3) is 3.24. The van der Waals surface area contributed by atoms with Crippen molar-refractivity contribution in [1.82, 2.24) is 9.55 Å². The van der Waals surface area contributed by atoms with Crippen LogP contribution in [-0.4, -0.2) is 25.3 Å². The van der Waals surface area contributed by atoms with Crippen molar-refractivity contribution in [2.45, 2.75) is 30.1 Å². The lowest BCUT2D eigenvalue weighted by Gasteiger charge is -2.08. The summed E-state index contributed by atoms with van der Waals surface area (Å²) in [5.74, 6) is -1.07. The summed E-state index contributed by atoms with van der Waals surface area (Å²) < 4.78 is 0.863. The first-order valence-electron chi connectivity index (χ1n) is 4.50. The second kappa shape index (κ2) is 5.36. The van der Waals surface area contributed by atoms with E-state index in [1.165, 1.54) is 18.1 Å². The number of halogens is 1. The molecule has 5 nitrogen and oxygen atoms in total. The number of rotatable bonds is 4. The van der Waals surface area contributed by atoms with Crippen molar-refractivity contribution in [3.8, 4) is 0 Å². The van der Waals surface area contributed by atoms with Gasteiger partial charge in [0.25, 0.3) is 5.56 Å². The van der Waals surface area contributed by atoms with E-state index in [1.54, 1.807) is 13.8 Å². The molecule has 16 heavy (non-hydrogen) atoms. The molecule has 0 aliphatic rings. The number of thioether (sulfide) groups is 1. The zero-order valence-corrected chi connectivity index (χ0v) is 10.4. The molecule has 0 spiro atoms. The van der Waals surface area contributed by atoms with E-state index >= 15 is 0 Å². The average molecular weight is 263 g/mol. The normalized spacial score (nSPS) is 12.4. The lowest BCUT2D eigenvalue weighted by molar-refractivity contribution is -0.137. The SMILES string of the molecule is Cc1c(SC(C)Cl)ncn(CC(=O)O)c1=O. The van der Waals surface area contributed by atoms with Crippen LogP contribution in [0.1, 0.15) is 12.5 Å². The van der Waals surface area contributed by atoms with Crippen molar-refractivity contribution in [3.63, 3.8) is 0 Å². The Balaban J connectivity index is 3.08. The molecule has 1 atom stereocenters. The summed E-state index contributed by atoms with van der Waals surface area (Å²) >= 11 is 7.04. The summed E-state index contributed by atoms with van der Waals surface area (Å²) in [7, 11) is 0. The molecule has 0 fully saturated rings. The maximum atomic E-state index is 11.7. The Morgan fingerprint density at radius 1 is 1.75 bits per heavy atom. The number of hydrogen-bond donors (Lipinski definition) is 1. The van der Waals surface area contributed by atoms with Crippen LogP contribution < -0.4 is 5.56 Å². The molecular weight excluding hydrogens is 252 g/mol. The van der Waals surface area contributed by atoms with Gasteiger partial charge < -0.3 is 5.11 Å². The number of carbonyl (C=O) groups is 1. The molecule has 0 radical (unpaired) electrons. The summed E-state index contributed by atoms with van der Waals surface area (Å²) in [6, 6.07) is 0. The zero-order valence-electron chi connectivity index (χ0n) is 8.81. The van der Waals surface area contributed by atoms with Gasteiger partial charge in [0.15, 0.2) is 0 Å². The number of aliphatic carboxylic acids is 1. The van der Waals surface area contributed by atoms with E-state index in [0.717, 1.165) is 4.57 Å². The molecule has 7 heteroatoms. The smallest absolute Gasteiger partial charge is 0.323 e. The Kier molecular flexibility index (Phi) is 4.37. The average Bonchev–Trinajstić information content (AvgIpc) is 2.16. The van der Waals surface area contributed by atoms with Gasteiger partial charge in [-0.25, -0.2) is 4.98 Å². The second-order valence-corrected chi connectivity index (χ2v) is 5.41. The molecule has 1 N–H and O–H groups in total. The van der Waals surface area contributed by atoms with Crippen molar-refractivity contribution in [2.24, 2.45) is 0 Å². The first kappa shape index (κ1) is 13.1. The van der Waals surface area contributed by atoms with Crippen molar-refractivity contribution in [3.05, 3.63) is 22.2 Å². The molecule has 0 amide bonds. The molecule has 0 saturated heterocycles. The van der Waals surface area contributed by atoms with E-state index in [1.807, 2.05) is 0 Å². The van der Waals surface area contributed by atoms with Crippen molar-refractivity contribution >= 4 is 29.3 Å². The van der Waals surface area contributed by atoms with E-state index < -0.39 is 5.97 Å². The van der Waals surface area contributed by atoms with Gasteiger partial charge in [0.05, 0.1) is 11.0 Å². The van der Waals surface area contributed by atoms with E-state index in [4.69, 9.17) is 16.7 Å². The van der Waals surface area contributed by atoms with E-state index in [9.17, 15) is 9.59 Å². The highest BCUT2D eigenvalue weighted by atomic mass is 35.5. The summed E-state index contributed by atoms with van der Waals surface area (Å²) in [6.45, 7) is 3.00. The van der Waals surface area contributed by atoms with Gasteiger partial charge in [-0.2, -0.15) is 0 Å². The van der Waals surface area contributed by atoms with Crippen LogP contribution in [0, 0.1) is 6.92 Å². The van der Waals surface area contributed by atoms with Crippen LogP contribution in [0.25, 0.3) is 0 Å². The lowest BCUT2D eigenvalue weighted by atomic mass is 10.4. The first-order valence-corrected chi connectivity index (χ1v) is 5.82. The maximum Gasteiger partial charge on any atom is 0.323 e. The molecule has 0 saturated carbocycles. The van der Waals surface area contributed by atoms with E-state index in [-0.39, 0.29) is 16.8 Å². The third-order valence-corrected chi connectivity index (χ3v) is 3.02. The highest BCUT2D eigenvalue weighted by Gasteiger charge is 2.11. The molecule has 0 aromatic carbocycles. The molecule has 1 unspecified atom stereocenters. The minimum atomic E-state index is -1.07. The molecule has 0 aliphatic heterocycles. The molecule has 1 aromatic rings. The van der Waals surface area contributed by atoms with E-state index in [2.05, 4.69) is 4.98 Å². The Morgan fingerprint density at radius 3 is 2.88 bits per heavy atom. The van der Waals surface area contributed by atoms with Crippen molar-refractivity contribution < 1.29 is 9.90 Å². The molecule has 1 heterocycles. The van der Waals surface area contributed by atoms with Crippen LogP contribution >= 0.6 is 23.4 Å². The molecule has 0 aliphatic carbocycles. The molecule has 1 rings (SSSR count). The summed E-state index contributed by atoms with van der Waals surface area (Å²) in [5, 5.41) is 9.12. The number of nitrogens with zero attached hydrogens (tertiary/aromatic N) is 2. The number of hydrogen-bond acceptors (Lipinski definition) is 4. The van der Waals surface area contributed by atoms with E-state index in [0.29, 0.717) is 10.6 Å². The third-order valence-electron chi connectivity index (χ3n) is 1.80. The fourth-order valence-electron chi connectivity index (χ4n) is 1.11. The van der Waals surface area contributed by atoms with Crippen molar-refractivity contribution in [2.75, 3.05) is 0 Å². The Morgan fingerprint density at radius 2 is 2.38 bits per heavy atom. The van der Waals surface area contributed by atoms with Gasteiger partial charge in [-0.3, -0.25) is 14.2 Å².